The number of nitrogens with one attached hydrogen (secondary N) is 1. The third-order valence-corrected chi connectivity index (χ3v) is 3.35. The van der Waals surface area contributed by atoms with Crippen molar-refractivity contribution in [2.24, 2.45) is 0 Å². The van der Waals surface area contributed by atoms with Gasteiger partial charge in [0.1, 0.15) is 5.82 Å². The Kier molecular flexibility index (Phi) is 4.53. The molecule has 0 unspecified atom stereocenters. The van der Waals surface area contributed by atoms with Gasteiger partial charge >= 0.3 is 0 Å². The Morgan fingerprint density at radius 2 is 2.10 bits per heavy atom. The van der Waals surface area contributed by atoms with E-state index in [1.165, 1.54) is 11.0 Å². The molecule has 1 N–H and O–H groups in total. The van der Waals surface area contributed by atoms with Gasteiger partial charge in [-0.05, 0) is 43.2 Å². The largest absolute Gasteiger partial charge is 0.313 e. The van der Waals surface area contributed by atoms with Gasteiger partial charge in [-0.3, -0.25) is 14.5 Å². The molecule has 0 atom stereocenters. The molecule has 1 aliphatic rings. The summed E-state index contributed by atoms with van der Waals surface area (Å²) in [7, 11) is 0. The molecule has 112 valence electrons. The number of carbonyl (C=O) groups is 2. The highest BCUT2D eigenvalue weighted by molar-refractivity contribution is 6.52. The summed E-state index contributed by atoms with van der Waals surface area (Å²) in [4.78, 5) is 25.2. The van der Waals surface area contributed by atoms with Crippen LogP contribution in [0.4, 0.5) is 10.1 Å². The molecule has 0 fully saturated rings. The minimum atomic E-state index is -0.689. The Morgan fingerprint density at radius 1 is 1.38 bits per heavy atom. The average Bonchev–Trinajstić information content (AvgIpc) is 2.64. The second kappa shape index (κ2) is 6.18. The van der Waals surface area contributed by atoms with E-state index in [1.807, 2.05) is 6.92 Å². The molecule has 21 heavy (non-hydrogen) atoms. The molecule has 4 nitrogen and oxygen atoms in total. The molecule has 1 aromatic carbocycles. The third-order valence-electron chi connectivity index (χ3n) is 3.35. The molecule has 0 aromatic heterocycles. The second-order valence-corrected chi connectivity index (χ2v) is 5.29. The lowest BCUT2D eigenvalue weighted by atomic mass is 10.1. The van der Waals surface area contributed by atoms with Crippen LogP contribution in [0.5, 0.6) is 0 Å². The van der Waals surface area contributed by atoms with Crippen molar-refractivity contribution < 1.29 is 14.0 Å². The van der Waals surface area contributed by atoms with Gasteiger partial charge in [0.05, 0.1) is 11.3 Å². The summed E-state index contributed by atoms with van der Waals surface area (Å²) in [6.07, 6.45) is 0.991. The maximum atomic E-state index is 14.1. The van der Waals surface area contributed by atoms with Gasteiger partial charge in [0, 0.05) is 13.1 Å². The van der Waals surface area contributed by atoms with Gasteiger partial charge in [-0.1, -0.05) is 13.5 Å². The number of aryl methyl sites for hydroxylation is 1. The second-order valence-electron chi connectivity index (χ2n) is 5.29. The number of benzene rings is 1. The van der Waals surface area contributed by atoms with E-state index in [1.54, 1.807) is 13.0 Å². The number of Topliss-reactive ketones (excluding diaryl/α,β-unsaturated/α-hetero) is 1. The van der Waals surface area contributed by atoms with Crippen molar-refractivity contribution in [1.29, 1.82) is 0 Å². The van der Waals surface area contributed by atoms with E-state index in [4.69, 9.17) is 0 Å². The molecule has 0 saturated heterocycles. The number of rotatable bonds is 6. The number of fused-ring (bicyclic) bond motifs is 1. The van der Waals surface area contributed by atoms with Crippen molar-refractivity contribution in [3.8, 4) is 0 Å². The number of hydrogen-bond acceptors (Lipinski definition) is 3. The molecule has 0 radical (unpaired) electrons. The lowest BCUT2D eigenvalue weighted by molar-refractivity contribution is -0.114. The monoisotopic (exact) mass is 290 g/mol. The van der Waals surface area contributed by atoms with E-state index in [0.717, 1.165) is 18.5 Å². The standard InChI is InChI=1S/C16H19FN2O2/c1-4-5-18-8-11(3)9-19-14-12(15(20)16(19)21)6-10(2)7-13(14)17/h6-7,18H,3-5,8-9H2,1-2H3. The molecule has 1 amide bonds. The molecule has 1 heterocycles. The molecule has 1 aliphatic heterocycles. The lowest BCUT2D eigenvalue weighted by Crippen LogP contribution is -2.34. The molecule has 0 spiro atoms. The van der Waals surface area contributed by atoms with Crippen molar-refractivity contribution >= 4 is 17.4 Å². The van der Waals surface area contributed by atoms with Crippen LogP contribution in [0, 0.1) is 12.7 Å². The Hall–Kier alpha value is -2.01. The summed E-state index contributed by atoms with van der Waals surface area (Å²) in [5.74, 6) is -1.88. The highest BCUT2D eigenvalue weighted by Crippen LogP contribution is 2.33. The van der Waals surface area contributed by atoms with Crippen LogP contribution in [0.3, 0.4) is 0 Å². The van der Waals surface area contributed by atoms with E-state index in [0.29, 0.717) is 12.1 Å². The topological polar surface area (TPSA) is 49.4 Å². The smallest absolute Gasteiger partial charge is 0.299 e. The van der Waals surface area contributed by atoms with Gasteiger partial charge in [0.2, 0.25) is 0 Å². The minimum Gasteiger partial charge on any atom is -0.313 e. The number of nitrogens with zero attached hydrogens (tertiary/aromatic N) is 1. The molecule has 0 aliphatic carbocycles. The van der Waals surface area contributed by atoms with Gasteiger partial charge in [-0.2, -0.15) is 0 Å². The Balaban J connectivity index is 2.21. The van der Waals surface area contributed by atoms with Crippen LogP contribution in [-0.2, 0) is 4.79 Å². The fourth-order valence-electron chi connectivity index (χ4n) is 2.39. The fraction of sp³-hybridized carbons (Fsp3) is 0.375. The first-order chi connectivity index (χ1) is 9.95. The van der Waals surface area contributed by atoms with Crippen LogP contribution < -0.4 is 10.2 Å². The van der Waals surface area contributed by atoms with Crippen LogP contribution in [0.1, 0.15) is 29.3 Å². The molecular formula is C16H19FN2O2. The van der Waals surface area contributed by atoms with E-state index < -0.39 is 17.5 Å². The van der Waals surface area contributed by atoms with Crippen molar-refractivity contribution in [3.05, 3.63) is 41.2 Å². The Bertz CT molecular complexity index is 611. The van der Waals surface area contributed by atoms with E-state index in [9.17, 15) is 14.0 Å². The molecule has 5 heteroatoms. The summed E-state index contributed by atoms with van der Waals surface area (Å²) in [6, 6.07) is 2.88. The maximum absolute atomic E-state index is 14.1. The van der Waals surface area contributed by atoms with Crippen LogP contribution >= 0.6 is 0 Å². The van der Waals surface area contributed by atoms with Crippen molar-refractivity contribution in [1.82, 2.24) is 5.32 Å². The molecule has 0 bridgehead atoms. The number of anilines is 1. The summed E-state index contributed by atoms with van der Waals surface area (Å²) < 4.78 is 14.1. The summed E-state index contributed by atoms with van der Waals surface area (Å²) >= 11 is 0. The highest BCUT2D eigenvalue weighted by Gasteiger charge is 2.38. The van der Waals surface area contributed by atoms with E-state index in [2.05, 4.69) is 11.9 Å². The molecule has 1 aromatic rings. The first-order valence-electron chi connectivity index (χ1n) is 6.99. The van der Waals surface area contributed by atoms with E-state index >= 15 is 0 Å². The van der Waals surface area contributed by atoms with Crippen LogP contribution in [-0.4, -0.2) is 31.3 Å². The van der Waals surface area contributed by atoms with Gasteiger partial charge in [0.25, 0.3) is 11.7 Å². The minimum absolute atomic E-state index is 0.0761. The van der Waals surface area contributed by atoms with Crippen LogP contribution in [0.2, 0.25) is 0 Å². The summed E-state index contributed by atoms with van der Waals surface area (Å²) in [6.45, 7) is 9.15. The van der Waals surface area contributed by atoms with Gasteiger partial charge in [0.15, 0.2) is 0 Å². The number of amides is 1. The van der Waals surface area contributed by atoms with Gasteiger partial charge in [-0.15, -0.1) is 0 Å². The Labute approximate surface area is 123 Å². The zero-order chi connectivity index (χ0) is 15.6. The van der Waals surface area contributed by atoms with Crippen LogP contribution in [0.25, 0.3) is 0 Å². The van der Waals surface area contributed by atoms with Crippen molar-refractivity contribution in [2.75, 3.05) is 24.5 Å². The molecule has 0 saturated carbocycles. The van der Waals surface area contributed by atoms with E-state index in [-0.39, 0.29) is 17.8 Å². The van der Waals surface area contributed by atoms with Crippen molar-refractivity contribution in [3.63, 3.8) is 0 Å². The van der Waals surface area contributed by atoms with Gasteiger partial charge < -0.3 is 5.32 Å². The number of carbonyl (C=O) groups excluding carboxylic acids is 2. The zero-order valence-corrected chi connectivity index (χ0v) is 12.3. The first-order valence-corrected chi connectivity index (χ1v) is 6.99. The number of halogens is 1. The predicted octanol–water partition coefficient (Wildman–Crippen LogP) is 2.22. The quantitative estimate of drug-likeness (QED) is 0.496. The zero-order valence-electron chi connectivity index (χ0n) is 12.3. The first kappa shape index (κ1) is 15.4. The SMILES string of the molecule is C=C(CNCCC)CN1C(=O)C(=O)c2cc(C)cc(F)c21. The predicted molar refractivity (Wildman–Crippen MR) is 80.1 cm³/mol. The Morgan fingerprint density at radius 3 is 2.76 bits per heavy atom. The summed E-state index contributed by atoms with van der Waals surface area (Å²) in [5.41, 5.74) is 1.58. The van der Waals surface area contributed by atoms with Crippen molar-refractivity contribution in [2.45, 2.75) is 20.3 Å². The average molecular weight is 290 g/mol. The normalized spacial score (nSPS) is 13.8. The maximum Gasteiger partial charge on any atom is 0.299 e. The molecular weight excluding hydrogens is 271 g/mol. The highest BCUT2D eigenvalue weighted by atomic mass is 19.1. The van der Waals surface area contributed by atoms with Crippen LogP contribution in [0.15, 0.2) is 24.3 Å². The number of ketones is 1. The van der Waals surface area contributed by atoms with Gasteiger partial charge in [-0.25, -0.2) is 4.39 Å². The fourth-order valence-corrected chi connectivity index (χ4v) is 2.39. The molecule has 2 rings (SSSR count). The third kappa shape index (κ3) is 3.03. The summed E-state index contributed by atoms with van der Waals surface area (Å²) in [5, 5.41) is 3.17. The lowest BCUT2D eigenvalue weighted by Gasteiger charge is -2.19. The number of hydrogen-bond donors (Lipinski definition) is 1.